The molecule has 1 aromatic carbocycles. The molecule has 21 heavy (non-hydrogen) atoms. The van der Waals surface area contributed by atoms with Crippen LogP contribution >= 0.6 is 11.6 Å². The summed E-state index contributed by atoms with van der Waals surface area (Å²) in [5, 5.41) is 8.26. The number of hydrogen-bond donors (Lipinski definition) is 1. The Morgan fingerprint density at radius 3 is 3.05 bits per heavy atom. The summed E-state index contributed by atoms with van der Waals surface area (Å²) < 4.78 is 6.49. The fourth-order valence-corrected chi connectivity index (χ4v) is 1.88. The summed E-state index contributed by atoms with van der Waals surface area (Å²) >= 11 is 5.94. The number of halogens is 1. The van der Waals surface area contributed by atoms with E-state index in [2.05, 4.69) is 15.3 Å². The first-order valence-corrected chi connectivity index (χ1v) is 6.61. The van der Waals surface area contributed by atoms with Gasteiger partial charge >= 0.3 is 0 Å². The smallest absolute Gasteiger partial charge is 0.273 e. The molecule has 0 saturated carbocycles. The molecule has 0 aliphatic heterocycles. The van der Waals surface area contributed by atoms with Crippen LogP contribution in [0.5, 0.6) is 0 Å². The molecular weight excluding hydrogens is 294 g/mol. The van der Waals surface area contributed by atoms with Gasteiger partial charge in [0.15, 0.2) is 17.9 Å². The van der Waals surface area contributed by atoms with Gasteiger partial charge < -0.3 is 10.5 Å². The molecule has 110 valence electrons. The molecule has 2 aromatic rings. The Hall–Kier alpha value is -2.41. The average molecular weight is 308 g/mol. The van der Waals surface area contributed by atoms with Crippen LogP contribution in [0.15, 0.2) is 29.3 Å². The van der Waals surface area contributed by atoms with E-state index >= 15 is 0 Å². The Balaban J connectivity index is 2.32. The van der Waals surface area contributed by atoms with Crippen LogP contribution in [0.1, 0.15) is 23.0 Å². The van der Waals surface area contributed by atoms with Gasteiger partial charge in [0.2, 0.25) is 0 Å². The number of primary amides is 1. The van der Waals surface area contributed by atoms with Gasteiger partial charge in [-0.15, -0.1) is 5.10 Å². The molecule has 2 rings (SSSR count). The minimum atomic E-state index is -0.698. The van der Waals surface area contributed by atoms with Crippen molar-refractivity contribution in [2.75, 3.05) is 6.61 Å². The summed E-state index contributed by atoms with van der Waals surface area (Å²) in [6.07, 6.45) is 1.24. The van der Waals surface area contributed by atoms with Crippen molar-refractivity contribution in [3.63, 3.8) is 0 Å². The molecule has 0 radical (unpaired) electrons. The van der Waals surface area contributed by atoms with E-state index in [4.69, 9.17) is 22.1 Å². The number of carbonyl (C=O) groups excluding carboxylic acids is 1. The van der Waals surface area contributed by atoms with E-state index in [0.717, 1.165) is 5.56 Å². The standard InChI is InChI=1S/C13H14ClN5O2/c1-2-21-8-16-13-11(12(15)20)17-18-19(13)7-9-4-3-5-10(14)6-9/h3-6,8H,2,7H2,1H3,(H2,15,20). The van der Waals surface area contributed by atoms with Gasteiger partial charge in [-0.25, -0.2) is 4.68 Å². The van der Waals surface area contributed by atoms with Crippen LogP contribution < -0.4 is 5.73 Å². The van der Waals surface area contributed by atoms with E-state index < -0.39 is 5.91 Å². The Bertz CT molecular complexity index is 668. The molecular formula is C13H14ClN5O2. The third-order valence-electron chi connectivity index (χ3n) is 2.58. The minimum Gasteiger partial charge on any atom is -0.483 e. The van der Waals surface area contributed by atoms with Crippen LogP contribution in [0.3, 0.4) is 0 Å². The quantitative estimate of drug-likeness (QED) is 0.650. The van der Waals surface area contributed by atoms with E-state index in [1.807, 2.05) is 19.1 Å². The second kappa shape index (κ2) is 6.85. The van der Waals surface area contributed by atoms with Crippen LogP contribution in [0.25, 0.3) is 0 Å². The largest absolute Gasteiger partial charge is 0.483 e. The molecule has 1 amide bonds. The number of carbonyl (C=O) groups is 1. The number of aromatic nitrogens is 3. The van der Waals surface area contributed by atoms with Gasteiger partial charge in [0.1, 0.15) is 0 Å². The molecule has 0 fully saturated rings. The van der Waals surface area contributed by atoms with Crippen molar-refractivity contribution in [3.05, 3.63) is 40.5 Å². The van der Waals surface area contributed by atoms with E-state index in [9.17, 15) is 4.79 Å². The number of ether oxygens (including phenoxy) is 1. The lowest BCUT2D eigenvalue weighted by Crippen LogP contribution is -2.12. The normalized spacial score (nSPS) is 11.0. The Kier molecular flexibility index (Phi) is 4.89. The van der Waals surface area contributed by atoms with Gasteiger partial charge in [0.05, 0.1) is 13.2 Å². The van der Waals surface area contributed by atoms with E-state index in [1.54, 1.807) is 12.1 Å². The number of amides is 1. The van der Waals surface area contributed by atoms with Gasteiger partial charge in [-0.05, 0) is 24.6 Å². The molecule has 0 aliphatic carbocycles. The second-order valence-corrected chi connectivity index (χ2v) is 4.54. The summed E-state index contributed by atoms with van der Waals surface area (Å²) in [6, 6.07) is 7.28. The summed E-state index contributed by atoms with van der Waals surface area (Å²) in [5.74, 6) is -0.452. The highest BCUT2D eigenvalue weighted by molar-refractivity contribution is 6.30. The maximum absolute atomic E-state index is 11.3. The van der Waals surface area contributed by atoms with Crippen LogP contribution in [-0.2, 0) is 11.3 Å². The lowest BCUT2D eigenvalue weighted by molar-refractivity contribution is 0.0996. The maximum atomic E-state index is 11.3. The van der Waals surface area contributed by atoms with Gasteiger partial charge in [-0.2, -0.15) is 4.99 Å². The predicted molar refractivity (Wildman–Crippen MR) is 78.9 cm³/mol. The molecule has 0 saturated heterocycles. The molecule has 0 spiro atoms. The molecule has 1 heterocycles. The molecule has 0 bridgehead atoms. The second-order valence-electron chi connectivity index (χ2n) is 4.10. The van der Waals surface area contributed by atoms with Gasteiger partial charge in [0, 0.05) is 5.02 Å². The van der Waals surface area contributed by atoms with E-state index in [-0.39, 0.29) is 11.5 Å². The molecule has 1 aromatic heterocycles. The first kappa shape index (κ1) is 15.0. The van der Waals surface area contributed by atoms with Crippen molar-refractivity contribution in [1.82, 2.24) is 15.0 Å². The Morgan fingerprint density at radius 1 is 1.57 bits per heavy atom. The van der Waals surface area contributed by atoms with Gasteiger partial charge in [-0.1, -0.05) is 28.9 Å². The summed E-state index contributed by atoms with van der Waals surface area (Å²) in [6.45, 7) is 2.65. The highest BCUT2D eigenvalue weighted by Crippen LogP contribution is 2.18. The summed E-state index contributed by atoms with van der Waals surface area (Å²) in [5.41, 5.74) is 6.15. The molecule has 2 N–H and O–H groups in total. The van der Waals surface area contributed by atoms with Crippen molar-refractivity contribution < 1.29 is 9.53 Å². The average Bonchev–Trinajstić information content (AvgIpc) is 2.82. The predicted octanol–water partition coefficient (Wildman–Crippen LogP) is 1.77. The zero-order valence-electron chi connectivity index (χ0n) is 11.4. The number of nitrogens with zero attached hydrogens (tertiary/aromatic N) is 4. The zero-order valence-corrected chi connectivity index (χ0v) is 12.1. The minimum absolute atomic E-state index is 0.00650. The van der Waals surface area contributed by atoms with Crippen molar-refractivity contribution in [3.8, 4) is 0 Å². The Labute approximate surface area is 126 Å². The number of benzene rings is 1. The van der Waals surface area contributed by atoms with Crippen LogP contribution in [0, 0.1) is 0 Å². The lowest BCUT2D eigenvalue weighted by Gasteiger charge is -2.04. The van der Waals surface area contributed by atoms with Crippen molar-refractivity contribution >= 4 is 29.7 Å². The zero-order chi connectivity index (χ0) is 15.2. The van der Waals surface area contributed by atoms with Crippen LogP contribution in [0.2, 0.25) is 5.02 Å². The van der Waals surface area contributed by atoms with Gasteiger partial charge in [-0.3, -0.25) is 4.79 Å². The molecule has 7 nitrogen and oxygen atoms in total. The maximum Gasteiger partial charge on any atom is 0.273 e. The number of nitrogens with two attached hydrogens (primary N) is 1. The monoisotopic (exact) mass is 307 g/mol. The molecule has 0 atom stereocenters. The first-order valence-electron chi connectivity index (χ1n) is 6.23. The molecule has 8 heteroatoms. The van der Waals surface area contributed by atoms with Crippen molar-refractivity contribution in [2.24, 2.45) is 10.7 Å². The fraction of sp³-hybridized carbons (Fsp3) is 0.231. The molecule has 0 unspecified atom stereocenters. The highest BCUT2D eigenvalue weighted by Gasteiger charge is 2.17. The van der Waals surface area contributed by atoms with E-state index in [0.29, 0.717) is 18.2 Å². The summed E-state index contributed by atoms with van der Waals surface area (Å²) in [7, 11) is 0. The first-order chi connectivity index (χ1) is 10.1. The summed E-state index contributed by atoms with van der Waals surface area (Å²) in [4.78, 5) is 15.4. The number of aliphatic imine (C=N–C) groups is 1. The Morgan fingerprint density at radius 2 is 2.38 bits per heavy atom. The highest BCUT2D eigenvalue weighted by atomic mass is 35.5. The number of rotatable bonds is 6. The third kappa shape index (κ3) is 3.79. The van der Waals surface area contributed by atoms with Crippen LogP contribution in [-0.4, -0.2) is 33.9 Å². The number of hydrogen-bond acceptors (Lipinski definition) is 5. The molecule has 0 aliphatic rings. The van der Waals surface area contributed by atoms with Crippen molar-refractivity contribution in [1.29, 1.82) is 0 Å². The SMILES string of the molecule is CCOC=Nc1c(C(N)=O)nnn1Cc1cccc(Cl)c1. The van der Waals surface area contributed by atoms with Crippen molar-refractivity contribution in [2.45, 2.75) is 13.5 Å². The van der Waals surface area contributed by atoms with E-state index in [1.165, 1.54) is 11.1 Å². The fourth-order valence-electron chi connectivity index (χ4n) is 1.67. The topological polar surface area (TPSA) is 95.4 Å². The third-order valence-corrected chi connectivity index (χ3v) is 2.82. The van der Waals surface area contributed by atoms with Crippen LogP contribution in [0.4, 0.5) is 5.82 Å². The van der Waals surface area contributed by atoms with Gasteiger partial charge in [0.25, 0.3) is 5.91 Å². The lowest BCUT2D eigenvalue weighted by atomic mass is 10.2.